The quantitative estimate of drug-likeness (QED) is 0.306. The maximum atomic E-state index is 14.1. The van der Waals surface area contributed by atoms with E-state index < -0.39 is 0 Å². The van der Waals surface area contributed by atoms with Gasteiger partial charge in [0.2, 0.25) is 0 Å². The smallest absolute Gasteiger partial charge is 0.320 e. The van der Waals surface area contributed by atoms with Crippen LogP contribution >= 0.6 is 0 Å². The van der Waals surface area contributed by atoms with E-state index >= 15 is 0 Å². The summed E-state index contributed by atoms with van der Waals surface area (Å²) in [6.07, 6.45) is 13.6. The maximum Gasteiger partial charge on any atom is 0.320 e. The van der Waals surface area contributed by atoms with E-state index in [-0.39, 0.29) is 6.03 Å². The first kappa shape index (κ1) is 25.0. The summed E-state index contributed by atoms with van der Waals surface area (Å²) in [6, 6.07) is 25.8. The van der Waals surface area contributed by atoms with Crippen molar-refractivity contribution in [2.45, 2.75) is 70.4 Å². The summed E-state index contributed by atoms with van der Waals surface area (Å²) in [7, 11) is 0. The van der Waals surface area contributed by atoms with Gasteiger partial charge in [0.05, 0.1) is 0 Å². The predicted molar refractivity (Wildman–Crippen MR) is 143 cm³/mol. The van der Waals surface area contributed by atoms with E-state index in [0.29, 0.717) is 12.6 Å². The lowest BCUT2D eigenvalue weighted by Crippen LogP contribution is -2.49. The molecule has 1 fully saturated rings. The standard InChI is InChI=1S/C31H39N3O/c35-31(34(30-18-8-3-9-19-30)25-11-17-27-12-4-1-5-13-27)33(26-29-14-6-2-7-15-29)24-10-16-28-20-22-32-23-21-28/h1-2,4-7,12-15,20-23,30H,3,8-11,16-19,24-26H2. The predicted octanol–water partition coefficient (Wildman–Crippen LogP) is 6.90. The Balaban J connectivity index is 1.45. The Kier molecular flexibility index (Phi) is 9.75. The number of hydrogen-bond donors (Lipinski definition) is 0. The Hall–Kier alpha value is -3.14. The number of carbonyl (C=O) groups excluding carboxylic acids is 1. The van der Waals surface area contributed by atoms with E-state index in [9.17, 15) is 4.79 Å². The van der Waals surface area contributed by atoms with Crippen LogP contribution in [0.15, 0.2) is 85.2 Å². The molecule has 0 atom stereocenters. The molecule has 1 saturated carbocycles. The number of carbonyl (C=O) groups is 1. The number of urea groups is 1. The minimum Gasteiger partial charge on any atom is -0.322 e. The van der Waals surface area contributed by atoms with E-state index in [1.165, 1.54) is 36.0 Å². The molecule has 0 bridgehead atoms. The van der Waals surface area contributed by atoms with Gasteiger partial charge in [-0.05, 0) is 67.3 Å². The molecule has 1 heterocycles. The number of pyridine rings is 1. The van der Waals surface area contributed by atoms with Gasteiger partial charge < -0.3 is 9.80 Å². The monoisotopic (exact) mass is 469 g/mol. The molecule has 0 aliphatic heterocycles. The SMILES string of the molecule is O=C(N(CCCc1ccncc1)Cc1ccccc1)N(CCCc1ccccc1)C1CCCCC1. The molecule has 4 nitrogen and oxygen atoms in total. The molecule has 2 aromatic carbocycles. The lowest BCUT2D eigenvalue weighted by Gasteiger charge is -2.38. The van der Waals surface area contributed by atoms with Gasteiger partial charge in [-0.25, -0.2) is 4.79 Å². The number of hydrogen-bond acceptors (Lipinski definition) is 2. The van der Waals surface area contributed by atoms with Crippen molar-refractivity contribution in [2.24, 2.45) is 0 Å². The normalized spacial score (nSPS) is 13.9. The Morgan fingerprint density at radius 3 is 1.94 bits per heavy atom. The molecule has 0 spiro atoms. The summed E-state index contributed by atoms with van der Waals surface area (Å²) in [6.45, 7) is 2.25. The van der Waals surface area contributed by atoms with Crippen molar-refractivity contribution in [1.82, 2.24) is 14.8 Å². The summed E-state index contributed by atoms with van der Waals surface area (Å²) in [5.41, 5.74) is 3.82. The molecule has 1 aromatic heterocycles. The van der Waals surface area contributed by atoms with Gasteiger partial charge in [0, 0.05) is 38.1 Å². The van der Waals surface area contributed by atoms with E-state index in [0.717, 1.165) is 51.6 Å². The fourth-order valence-electron chi connectivity index (χ4n) is 5.18. The van der Waals surface area contributed by atoms with Crippen LogP contribution in [0.2, 0.25) is 0 Å². The van der Waals surface area contributed by atoms with Crippen LogP contribution in [0.1, 0.15) is 61.6 Å². The molecule has 4 rings (SSSR count). The Morgan fingerprint density at radius 2 is 1.29 bits per heavy atom. The van der Waals surface area contributed by atoms with Crippen LogP contribution in [-0.2, 0) is 19.4 Å². The van der Waals surface area contributed by atoms with Crippen LogP contribution in [0.5, 0.6) is 0 Å². The molecule has 0 unspecified atom stereocenters. The van der Waals surface area contributed by atoms with E-state index in [4.69, 9.17) is 0 Å². The number of nitrogens with zero attached hydrogens (tertiary/aromatic N) is 3. The number of aryl methyl sites for hydroxylation is 2. The second kappa shape index (κ2) is 13.7. The Morgan fingerprint density at radius 1 is 0.714 bits per heavy atom. The summed E-state index contributed by atoms with van der Waals surface area (Å²) < 4.78 is 0. The van der Waals surface area contributed by atoms with Crippen LogP contribution in [0, 0.1) is 0 Å². The van der Waals surface area contributed by atoms with E-state index in [1.807, 2.05) is 18.5 Å². The van der Waals surface area contributed by atoms with Gasteiger partial charge >= 0.3 is 6.03 Å². The van der Waals surface area contributed by atoms with Gasteiger partial charge in [0.15, 0.2) is 0 Å². The van der Waals surface area contributed by atoms with Crippen molar-refractivity contribution in [3.05, 3.63) is 102 Å². The van der Waals surface area contributed by atoms with Crippen molar-refractivity contribution in [3.63, 3.8) is 0 Å². The summed E-state index contributed by atoms with van der Waals surface area (Å²) in [5.74, 6) is 0. The number of benzene rings is 2. The highest BCUT2D eigenvalue weighted by atomic mass is 16.2. The zero-order valence-corrected chi connectivity index (χ0v) is 20.9. The largest absolute Gasteiger partial charge is 0.322 e. The topological polar surface area (TPSA) is 36.4 Å². The van der Waals surface area contributed by atoms with Crippen LogP contribution in [0.25, 0.3) is 0 Å². The second-order valence-corrected chi connectivity index (χ2v) is 9.72. The number of rotatable bonds is 11. The minimum atomic E-state index is 0.212. The van der Waals surface area contributed by atoms with Gasteiger partial charge in [0.1, 0.15) is 0 Å². The minimum absolute atomic E-state index is 0.212. The molecule has 0 N–H and O–H groups in total. The summed E-state index contributed by atoms with van der Waals surface area (Å²) in [5, 5.41) is 0. The molecular weight excluding hydrogens is 430 g/mol. The van der Waals surface area contributed by atoms with Gasteiger partial charge in [-0.1, -0.05) is 79.9 Å². The van der Waals surface area contributed by atoms with Crippen molar-refractivity contribution in [1.29, 1.82) is 0 Å². The molecule has 2 amide bonds. The van der Waals surface area contributed by atoms with Crippen molar-refractivity contribution in [2.75, 3.05) is 13.1 Å². The summed E-state index contributed by atoms with van der Waals surface area (Å²) >= 11 is 0. The van der Waals surface area contributed by atoms with Crippen LogP contribution in [0.3, 0.4) is 0 Å². The third-order valence-electron chi connectivity index (χ3n) is 7.10. The Bertz CT molecular complexity index is 988. The molecule has 4 heteroatoms. The van der Waals surface area contributed by atoms with E-state index in [2.05, 4.69) is 81.5 Å². The highest BCUT2D eigenvalue weighted by Gasteiger charge is 2.28. The zero-order valence-electron chi connectivity index (χ0n) is 20.9. The summed E-state index contributed by atoms with van der Waals surface area (Å²) in [4.78, 5) is 22.5. The van der Waals surface area contributed by atoms with Gasteiger partial charge in [-0.15, -0.1) is 0 Å². The molecule has 3 aromatic rings. The first-order chi connectivity index (χ1) is 17.3. The van der Waals surface area contributed by atoms with Gasteiger partial charge in [-0.3, -0.25) is 4.98 Å². The molecule has 0 saturated heterocycles. The van der Waals surface area contributed by atoms with Crippen molar-refractivity contribution in [3.8, 4) is 0 Å². The zero-order chi connectivity index (χ0) is 24.1. The van der Waals surface area contributed by atoms with Crippen molar-refractivity contribution >= 4 is 6.03 Å². The van der Waals surface area contributed by atoms with Crippen molar-refractivity contribution < 1.29 is 4.79 Å². The first-order valence-electron chi connectivity index (χ1n) is 13.3. The van der Waals surface area contributed by atoms with Crippen LogP contribution < -0.4 is 0 Å². The maximum absolute atomic E-state index is 14.1. The molecule has 1 aliphatic carbocycles. The fraction of sp³-hybridized carbons (Fsp3) is 0.419. The third kappa shape index (κ3) is 7.95. The molecule has 0 radical (unpaired) electrons. The van der Waals surface area contributed by atoms with Crippen LogP contribution in [0.4, 0.5) is 4.79 Å². The molecular formula is C31H39N3O. The molecule has 184 valence electrons. The van der Waals surface area contributed by atoms with Crippen LogP contribution in [-0.4, -0.2) is 39.9 Å². The van der Waals surface area contributed by atoms with E-state index in [1.54, 1.807) is 0 Å². The van der Waals surface area contributed by atoms with Gasteiger partial charge in [-0.2, -0.15) is 0 Å². The highest BCUT2D eigenvalue weighted by molar-refractivity contribution is 5.75. The average molecular weight is 470 g/mol. The number of amides is 2. The fourth-order valence-corrected chi connectivity index (χ4v) is 5.18. The lowest BCUT2D eigenvalue weighted by atomic mass is 9.94. The molecule has 1 aliphatic rings. The van der Waals surface area contributed by atoms with Gasteiger partial charge in [0.25, 0.3) is 0 Å². The highest BCUT2D eigenvalue weighted by Crippen LogP contribution is 2.25. The lowest BCUT2D eigenvalue weighted by molar-refractivity contribution is 0.116. The molecule has 35 heavy (non-hydrogen) atoms. The Labute approximate surface area is 211 Å². The average Bonchev–Trinajstić information content (AvgIpc) is 2.92. The second-order valence-electron chi connectivity index (χ2n) is 9.72. The number of aromatic nitrogens is 1. The first-order valence-corrected chi connectivity index (χ1v) is 13.3. The third-order valence-corrected chi connectivity index (χ3v) is 7.10.